The maximum Gasteiger partial charge on any atom is 0.0645 e. The monoisotopic (exact) mass is 297 g/mol. The Hall–Kier alpha value is -2.26. The molecule has 0 fully saturated rings. The zero-order valence-corrected chi connectivity index (χ0v) is 12.5. The number of aromatic nitrogens is 2. The minimum Gasteiger partial charge on any atom is -0.380 e. The predicted octanol–water partition coefficient (Wildman–Crippen LogP) is 4.45. The van der Waals surface area contributed by atoms with E-state index in [-0.39, 0.29) is 0 Å². The number of nitrogens with one attached hydrogen (secondary N) is 1. The SMILES string of the molecule is Cc1ccc(Cl)c(NCc2ccc(-n3cccn3)cc2)c1. The van der Waals surface area contributed by atoms with Gasteiger partial charge in [0.25, 0.3) is 0 Å². The van der Waals surface area contributed by atoms with Gasteiger partial charge in [0.2, 0.25) is 0 Å². The zero-order chi connectivity index (χ0) is 14.7. The summed E-state index contributed by atoms with van der Waals surface area (Å²) in [5.74, 6) is 0. The van der Waals surface area contributed by atoms with E-state index < -0.39 is 0 Å². The number of benzene rings is 2. The van der Waals surface area contributed by atoms with E-state index in [4.69, 9.17) is 11.6 Å². The molecule has 1 N–H and O–H groups in total. The number of halogens is 1. The molecule has 1 heterocycles. The van der Waals surface area contributed by atoms with Gasteiger partial charge in [-0.15, -0.1) is 0 Å². The highest BCUT2D eigenvalue weighted by molar-refractivity contribution is 6.33. The van der Waals surface area contributed by atoms with Gasteiger partial charge in [0, 0.05) is 18.9 Å². The van der Waals surface area contributed by atoms with E-state index >= 15 is 0 Å². The van der Waals surface area contributed by atoms with Crippen LogP contribution in [0.5, 0.6) is 0 Å². The molecular formula is C17H16ClN3. The number of hydrogen-bond donors (Lipinski definition) is 1. The van der Waals surface area contributed by atoms with Crippen LogP contribution in [0.2, 0.25) is 5.02 Å². The largest absolute Gasteiger partial charge is 0.380 e. The Balaban J connectivity index is 1.70. The molecule has 0 bridgehead atoms. The van der Waals surface area contributed by atoms with Crippen LogP contribution >= 0.6 is 11.6 Å². The number of anilines is 1. The quantitative estimate of drug-likeness (QED) is 0.771. The summed E-state index contributed by atoms with van der Waals surface area (Å²) in [6.45, 7) is 2.79. The molecule has 3 nitrogen and oxygen atoms in total. The molecule has 3 aromatic rings. The maximum atomic E-state index is 6.18. The van der Waals surface area contributed by atoms with Crippen molar-refractivity contribution in [3.63, 3.8) is 0 Å². The summed E-state index contributed by atoms with van der Waals surface area (Å²) in [4.78, 5) is 0. The molecule has 0 unspecified atom stereocenters. The summed E-state index contributed by atoms with van der Waals surface area (Å²) in [5, 5.41) is 8.33. The van der Waals surface area contributed by atoms with Crippen LogP contribution < -0.4 is 5.32 Å². The normalized spacial score (nSPS) is 10.6. The summed E-state index contributed by atoms with van der Waals surface area (Å²) >= 11 is 6.18. The van der Waals surface area contributed by atoms with Gasteiger partial charge in [-0.05, 0) is 48.4 Å². The molecule has 0 spiro atoms. The average Bonchev–Trinajstić information content (AvgIpc) is 3.03. The summed E-state index contributed by atoms with van der Waals surface area (Å²) in [5.41, 5.74) is 4.41. The lowest BCUT2D eigenvalue weighted by molar-refractivity contribution is 0.879. The van der Waals surface area contributed by atoms with Crippen molar-refractivity contribution in [2.24, 2.45) is 0 Å². The van der Waals surface area contributed by atoms with Gasteiger partial charge < -0.3 is 5.32 Å². The summed E-state index contributed by atoms with van der Waals surface area (Å²) in [6, 6.07) is 16.2. The summed E-state index contributed by atoms with van der Waals surface area (Å²) in [6.07, 6.45) is 3.70. The molecule has 0 aliphatic carbocycles. The van der Waals surface area contributed by atoms with Crippen LogP contribution in [0.1, 0.15) is 11.1 Å². The second kappa shape index (κ2) is 6.02. The molecule has 0 amide bonds. The van der Waals surface area contributed by atoms with E-state index in [1.807, 2.05) is 29.1 Å². The van der Waals surface area contributed by atoms with Crippen molar-refractivity contribution in [3.05, 3.63) is 77.1 Å². The average molecular weight is 298 g/mol. The Labute approximate surface area is 129 Å². The van der Waals surface area contributed by atoms with Crippen molar-refractivity contribution in [2.75, 3.05) is 5.32 Å². The van der Waals surface area contributed by atoms with Gasteiger partial charge >= 0.3 is 0 Å². The van der Waals surface area contributed by atoms with Crippen molar-refractivity contribution in [2.45, 2.75) is 13.5 Å². The van der Waals surface area contributed by atoms with Crippen LogP contribution in [0, 0.1) is 6.92 Å². The van der Waals surface area contributed by atoms with Crippen molar-refractivity contribution in [1.82, 2.24) is 9.78 Å². The first kappa shape index (κ1) is 13.7. The van der Waals surface area contributed by atoms with Gasteiger partial charge in [0.05, 0.1) is 16.4 Å². The van der Waals surface area contributed by atoms with Crippen LogP contribution in [-0.2, 0) is 6.54 Å². The van der Waals surface area contributed by atoms with Gasteiger partial charge in [-0.25, -0.2) is 4.68 Å². The fraction of sp³-hybridized carbons (Fsp3) is 0.118. The second-order valence-electron chi connectivity index (χ2n) is 4.95. The minimum absolute atomic E-state index is 0.739. The number of rotatable bonds is 4. The molecule has 0 saturated carbocycles. The zero-order valence-electron chi connectivity index (χ0n) is 11.8. The fourth-order valence-corrected chi connectivity index (χ4v) is 2.34. The highest BCUT2D eigenvalue weighted by Crippen LogP contribution is 2.23. The van der Waals surface area contributed by atoms with Crippen molar-refractivity contribution in [3.8, 4) is 5.69 Å². The van der Waals surface area contributed by atoms with E-state index in [0.29, 0.717) is 0 Å². The highest BCUT2D eigenvalue weighted by atomic mass is 35.5. The van der Waals surface area contributed by atoms with E-state index in [9.17, 15) is 0 Å². The van der Waals surface area contributed by atoms with Gasteiger partial charge in [-0.3, -0.25) is 0 Å². The molecule has 0 atom stereocenters. The van der Waals surface area contributed by atoms with Crippen LogP contribution in [0.25, 0.3) is 5.69 Å². The van der Waals surface area contributed by atoms with Crippen molar-refractivity contribution in [1.29, 1.82) is 0 Å². The summed E-state index contributed by atoms with van der Waals surface area (Å²) < 4.78 is 1.84. The Morgan fingerprint density at radius 3 is 2.67 bits per heavy atom. The lowest BCUT2D eigenvalue weighted by Crippen LogP contribution is -2.01. The van der Waals surface area contributed by atoms with Crippen molar-refractivity contribution >= 4 is 17.3 Å². The van der Waals surface area contributed by atoms with Gasteiger partial charge in [-0.2, -0.15) is 5.10 Å². The Kier molecular flexibility index (Phi) is 3.93. The first-order valence-corrected chi connectivity index (χ1v) is 7.19. The smallest absolute Gasteiger partial charge is 0.0645 e. The first-order valence-electron chi connectivity index (χ1n) is 6.81. The molecule has 1 aromatic heterocycles. The van der Waals surface area contributed by atoms with Crippen LogP contribution in [-0.4, -0.2) is 9.78 Å². The number of hydrogen-bond acceptors (Lipinski definition) is 2. The molecule has 0 saturated heterocycles. The summed E-state index contributed by atoms with van der Waals surface area (Å²) in [7, 11) is 0. The third kappa shape index (κ3) is 3.26. The molecule has 3 rings (SSSR count). The maximum absolute atomic E-state index is 6.18. The van der Waals surface area contributed by atoms with Crippen molar-refractivity contribution < 1.29 is 0 Å². The Morgan fingerprint density at radius 1 is 1.14 bits per heavy atom. The number of nitrogens with zero attached hydrogens (tertiary/aromatic N) is 2. The lowest BCUT2D eigenvalue weighted by atomic mass is 10.2. The predicted molar refractivity (Wildman–Crippen MR) is 87.1 cm³/mol. The van der Waals surface area contributed by atoms with Gasteiger partial charge in [0.1, 0.15) is 0 Å². The lowest BCUT2D eigenvalue weighted by Gasteiger charge is -2.10. The molecule has 0 aliphatic heterocycles. The third-order valence-electron chi connectivity index (χ3n) is 3.31. The molecule has 0 radical (unpaired) electrons. The van der Waals surface area contributed by atoms with Gasteiger partial charge in [0.15, 0.2) is 0 Å². The Morgan fingerprint density at radius 2 is 1.95 bits per heavy atom. The van der Waals surface area contributed by atoms with E-state index in [1.54, 1.807) is 6.20 Å². The molecule has 106 valence electrons. The number of aryl methyl sites for hydroxylation is 1. The molecule has 0 aliphatic rings. The standard InChI is InChI=1S/C17H16ClN3/c1-13-3-8-16(18)17(11-13)19-12-14-4-6-15(7-5-14)21-10-2-9-20-21/h2-11,19H,12H2,1H3. The van der Waals surface area contributed by atoms with E-state index in [2.05, 4.69) is 47.7 Å². The Bertz CT molecular complexity index is 718. The van der Waals surface area contributed by atoms with E-state index in [0.717, 1.165) is 22.9 Å². The van der Waals surface area contributed by atoms with Gasteiger partial charge in [-0.1, -0.05) is 29.8 Å². The first-order chi connectivity index (χ1) is 10.2. The fourth-order valence-electron chi connectivity index (χ4n) is 2.16. The molecular weight excluding hydrogens is 282 g/mol. The van der Waals surface area contributed by atoms with Crippen LogP contribution in [0.4, 0.5) is 5.69 Å². The highest BCUT2D eigenvalue weighted by Gasteiger charge is 2.01. The molecule has 21 heavy (non-hydrogen) atoms. The second-order valence-corrected chi connectivity index (χ2v) is 5.36. The van der Waals surface area contributed by atoms with Crippen LogP contribution in [0.3, 0.4) is 0 Å². The van der Waals surface area contributed by atoms with Crippen LogP contribution in [0.15, 0.2) is 60.9 Å². The molecule has 2 aromatic carbocycles. The topological polar surface area (TPSA) is 29.9 Å². The molecule has 4 heteroatoms. The van der Waals surface area contributed by atoms with E-state index in [1.165, 1.54) is 11.1 Å². The third-order valence-corrected chi connectivity index (χ3v) is 3.64. The minimum atomic E-state index is 0.739.